The second-order valence-corrected chi connectivity index (χ2v) is 12.7. The van der Waals surface area contributed by atoms with Crippen LogP contribution in [0.25, 0.3) is 0 Å². The molecule has 10 atom stereocenters. The van der Waals surface area contributed by atoms with Crippen molar-refractivity contribution < 1.29 is 15.0 Å². The highest BCUT2D eigenvalue weighted by Gasteiger charge is 2.62. The number of carbonyl (C=O) groups is 1. The first-order valence-corrected chi connectivity index (χ1v) is 13.9. The van der Waals surface area contributed by atoms with Crippen LogP contribution in [-0.2, 0) is 4.79 Å². The number of rotatable bonds is 7. The minimum atomic E-state index is -0.199. The van der Waals surface area contributed by atoms with E-state index in [1.807, 2.05) is 6.08 Å². The number of nitrogens with one attached hydrogen (secondary N) is 1. The lowest BCUT2D eigenvalue weighted by Gasteiger charge is -2.62. The van der Waals surface area contributed by atoms with Crippen LogP contribution < -0.4 is 5.32 Å². The van der Waals surface area contributed by atoms with Gasteiger partial charge in [0, 0.05) is 6.42 Å². The van der Waals surface area contributed by atoms with Crippen molar-refractivity contribution in [2.45, 2.75) is 104 Å². The zero-order valence-corrected chi connectivity index (χ0v) is 21.6. The summed E-state index contributed by atoms with van der Waals surface area (Å²) in [5.74, 6) is 5.95. The van der Waals surface area contributed by atoms with Gasteiger partial charge in [-0.05, 0) is 111 Å². The Morgan fingerprint density at radius 2 is 1.82 bits per heavy atom. The molecule has 0 radical (unpaired) electrons. The van der Waals surface area contributed by atoms with Gasteiger partial charge in [-0.3, -0.25) is 4.79 Å². The molecule has 34 heavy (non-hydrogen) atoms. The molecule has 0 spiro atoms. The second kappa shape index (κ2) is 10.4. The summed E-state index contributed by atoms with van der Waals surface area (Å²) in [5.41, 5.74) is 0.628. The lowest BCUT2D eigenvalue weighted by molar-refractivity contribution is -0.174. The first kappa shape index (κ1) is 25.8. The lowest BCUT2D eigenvalue weighted by atomic mass is 9.43. The van der Waals surface area contributed by atoms with E-state index in [9.17, 15) is 15.0 Å². The summed E-state index contributed by atoms with van der Waals surface area (Å²) in [4.78, 5) is 11.7. The van der Waals surface area contributed by atoms with E-state index in [-0.39, 0.29) is 18.1 Å². The molecule has 0 aromatic rings. The van der Waals surface area contributed by atoms with E-state index >= 15 is 0 Å². The third kappa shape index (κ3) is 4.72. The molecule has 4 nitrogen and oxygen atoms in total. The largest absolute Gasteiger partial charge is 0.393 e. The van der Waals surface area contributed by atoms with Crippen molar-refractivity contribution in [2.24, 2.45) is 46.3 Å². The predicted molar refractivity (Wildman–Crippen MR) is 137 cm³/mol. The second-order valence-electron chi connectivity index (χ2n) is 12.7. The van der Waals surface area contributed by atoms with Gasteiger partial charge in [0.05, 0.1) is 18.8 Å². The number of aliphatic hydroxyl groups excluding tert-OH is 2. The van der Waals surface area contributed by atoms with Crippen LogP contribution in [0.15, 0.2) is 12.2 Å². The average molecular weight is 470 g/mol. The molecule has 4 saturated carbocycles. The van der Waals surface area contributed by atoms with Crippen LogP contribution in [0.4, 0.5) is 0 Å². The molecular formula is C30H47NO3. The molecule has 2 unspecified atom stereocenters. The first-order chi connectivity index (χ1) is 16.2. The smallest absolute Gasteiger partial charge is 0.224 e. The lowest BCUT2D eigenvalue weighted by Crippen LogP contribution is -2.58. The minimum absolute atomic E-state index is 0.0143. The van der Waals surface area contributed by atoms with Crippen LogP contribution in [0.2, 0.25) is 0 Å². The molecule has 0 bridgehead atoms. The molecule has 4 aliphatic carbocycles. The fourth-order valence-electron chi connectivity index (χ4n) is 9.27. The maximum absolute atomic E-state index is 11.7. The van der Waals surface area contributed by atoms with Gasteiger partial charge in [-0.1, -0.05) is 38.8 Å². The number of carbonyl (C=O) groups excluding carboxylic acids is 1. The molecule has 1 amide bonds. The van der Waals surface area contributed by atoms with Gasteiger partial charge in [-0.2, -0.15) is 0 Å². The third-order valence-electron chi connectivity index (χ3n) is 11.1. The van der Waals surface area contributed by atoms with Gasteiger partial charge < -0.3 is 15.5 Å². The molecule has 0 heterocycles. The van der Waals surface area contributed by atoms with Crippen molar-refractivity contribution in [2.75, 3.05) is 6.54 Å². The Morgan fingerprint density at radius 3 is 2.59 bits per heavy atom. The molecule has 0 aromatic carbocycles. The number of aliphatic hydroxyl groups is 2. The van der Waals surface area contributed by atoms with Crippen molar-refractivity contribution in [1.82, 2.24) is 5.32 Å². The van der Waals surface area contributed by atoms with Crippen LogP contribution in [0.5, 0.6) is 0 Å². The molecule has 0 aromatic heterocycles. The highest BCUT2D eigenvalue weighted by molar-refractivity contribution is 5.77. The van der Waals surface area contributed by atoms with Gasteiger partial charge in [-0.25, -0.2) is 0 Å². The molecule has 0 saturated heterocycles. The maximum atomic E-state index is 11.7. The van der Waals surface area contributed by atoms with Crippen molar-refractivity contribution in [3.63, 3.8) is 0 Å². The van der Waals surface area contributed by atoms with E-state index in [1.165, 1.54) is 25.7 Å². The number of allylic oxidation sites excluding steroid dienone is 1. The van der Waals surface area contributed by atoms with Gasteiger partial charge in [0.2, 0.25) is 5.91 Å². The summed E-state index contributed by atoms with van der Waals surface area (Å²) in [7, 11) is 0. The van der Waals surface area contributed by atoms with Crippen molar-refractivity contribution in [3.05, 3.63) is 12.2 Å². The summed E-state index contributed by atoms with van der Waals surface area (Å²) in [6, 6.07) is 0. The molecule has 190 valence electrons. The predicted octanol–water partition coefficient (Wildman–Crippen LogP) is 5.09. The summed E-state index contributed by atoms with van der Waals surface area (Å²) < 4.78 is 0. The number of hydrogen-bond donors (Lipinski definition) is 3. The van der Waals surface area contributed by atoms with E-state index in [2.05, 4.69) is 38.1 Å². The summed E-state index contributed by atoms with van der Waals surface area (Å²) in [6.45, 7) is 7.75. The van der Waals surface area contributed by atoms with Crippen LogP contribution >= 0.6 is 0 Å². The highest BCUT2D eigenvalue weighted by Crippen LogP contribution is 2.68. The topological polar surface area (TPSA) is 69.6 Å². The molecule has 3 N–H and O–H groups in total. The van der Waals surface area contributed by atoms with Crippen LogP contribution in [0.3, 0.4) is 0 Å². The zero-order chi connectivity index (χ0) is 24.5. The molecular weight excluding hydrogens is 422 g/mol. The van der Waals surface area contributed by atoms with Gasteiger partial charge in [0.25, 0.3) is 0 Å². The fraction of sp³-hybridized carbons (Fsp3) is 0.833. The number of amides is 1. The normalized spacial score (nSPS) is 44.5. The Bertz CT molecular complexity index is 801. The van der Waals surface area contributed by atoms with Crippen molar-refractivity contribution in [1.29, 1.82) is 0 Å². The number of terminal acetylenes is 1. The Hall–Kier alpha value is -1.31. The summed E-state index contributed by atoms with van der Waals surface area (Å²) in [5, 5.41) is 24.4. The summed E-state index contributed by atoms with van der Waals surface area (Å²) >= 11 is 0. The van der Waals surface area contributed by atoms with E-state index in [0.29, 0.717) is 53.4 Å². The van der Waals surface area contributed by atoms with Crippen LogP contribution in [-0.4, -0.2) is 34.9 Å². The Kier molecular flexibility index (Phi) is 7.85. The van der Waals surface area contributed by atoms with Crippen LogP contribution in [0.1, 0.15) is 91.4 Å². The summed E-state index contributed by atoms with van der Waals surface area (Å²) in [6.07, 6.45) is 20.4. The number of hydrogen-bond acceptors (Lipinski definition) is 3. The molecule has 4 heteroatoms. The fourth-order valence-corrected chi connectivity index (χ4v) is 9.27. The SMILES string of the molecule is C#CCNC(=O)C/C=C/CC[C@@H](C)[C@H]1CC[C@H]2[C@@H]3C(O)C[C@@H]4C[C@H](O)CC[C@]4(C)C3CC[C@]12C. The van der Waals surface area contributed by atoms with Gasteiger partial charge in [-0.15, -0.1) is 6.42 Å². The Balaban J connectivity index is 1.37. The molecule has 4 fully saturated rings. The third-order valence-corrected chi connectivity index (χ3v) is 11.1. The zero-order valence-electron chi connectivity index (χ0n) is 21.6. The Morgan fingerprint density at radius 1 is 1.09 bits per heavy atom. The first-order valence-electron chi connectivity index (χ1n) is 13.9. The standard InChI is InChI=1S/C30H47NO3/c1-5-17-31-27(34)10-8-6-7-9-20(2)23-11-12-24-28-25(14-16-30(23,24)4)29(3)15-13-22(32)18-21(29)19-26(28)33/h1,6,8,20-26,28,32-33H,7,9-19H2,2-4H3,(H,31,34)/b8-6+/t20-,21+,22-,23-,24+,25?,26?,28+,29+,30-/m1/s1. The Labute approximate surface area is 207 Å². The maximum Gasteiger partial charge on any atom is 0.224 e. The molecule has 0 aliphatic heterocycles. The number of fused-ring (bicyclic) bond motifs is 5. The van der Waals surface area contributed by atoms with Gasteiger partial charge in [0.1, 0.15) is 0 Å². The monoisotopic (exact) mass is 469 g/mol. The quantitative estimate of drug-likeness (QED) is 0.359. The highest BCUT2D eigenvalue weighted by atomic mass is 16.3. The van der Waals surface area contributed by atoms with E-state index in [1.54, 1.807) is 0 Å². The van der Waals surface area contributed by atoms with Gasteiger partial charge in [0.15, 0.2) is 0 Å². The van der Waals surface area contributed by atoms with Crippen molar-refractivity contribution >= 4 is 5.91 Å². The van der Waals surface area contributed by atoms with Gasteiger partial charge >= 0.3 is 0 Å². The molecule has 4 rings (SSSR count). The average Bonchev–Trinajstić information content (AvgIpc) is 3.15. The molecule has 4 aliphatic rings. The van der Waals surface area contributed by atoms with E-state index in [0.717, 1.165) is 44.4 Å². The van der Waals surface area contributed by atoms with E-state index < -0.39 is 0 Å². The van der Waals surface area contributed by atoms with Crippen LogP contribution in [0, 0.1) is 58.7 Å². The minimum Gasteiger partial charge on any atom is -0.393 e. The van der Waals surface area contributed by atoms with E-state index in [4.69, 9.17) is 6.42 Å². The van der Waals surface area contributed by atoms with Crippen molar-refractivity contribution in [3.8, 4) is 12.3 Å².